The van der Waals surface area contributed by atoms with Gasteiger partial charge in [-0.3, -0.25) is 30.3 Å². The Labute approximate surface area is 258 Å². The Balaban J connectivity index is 0.000000251. The molecule has 17 nitrogen and oxygen atoms in total. The van der Waals surface area contributed by atoms with E-state index in [1.54, 1.807) is 18.2 Å². The van der Waals surface area contributed by atoms with Crippen LogP contribution in [-0.2, 0) is 11.3 Å². The summed E-state index contributed by atoms with van der Waals surface area (Å²) in [6, 6.07) is 19.9. The van der Waals surface area contributed by atoms with Gasteiger partial charge in [0.1, 0.15) is 35.4 Å². The second-order valence-electron chi connectivity index (χ2n) is 8.57. The summed E-state index contributed by atoms with van der Waals surface area (Å²) in [5, 5.41) is 31.5. The summed E-state index contributed by atoms with van der Waals surface area (Å²) in [5.41, 5.74) is 0.276. The lowest BCUT2D eigenvalue weighted by molar-refractivity contribution is -0.385. The maximum atomic E-state index is 11.7. The second-order valence-corrected chi connectivity index (χ2v) is 8.57. The van der Waals surface area contributed by atoms with Gasteiger partial charge < -0.3 is 28.4 Å². The zero-order chi connectivity index (χ0) is 33.6. The zero-order valence-corrected chi connectivity index (χ0v) is 23.9. The molecule has 0 unspecified atom stereocenters. The quantitative estimate of drug-likeness (QED) is 0.0794. The minimum Gasteiger partial charge on any atom is -0.497 e. The van der Waals surface area contributed by atoms with E-state index in [4.69, 9.17) is 28.4 Å². The van der Waals surface area contributed by atoms with Crippen molar-refractivity contribution in [3.63, 3.8) is 0 Å². The molecule has 0 aromatic heterocycles. The number of carbonyl (C=O) groups excluding carboxylic acids is 2. The van der Waals surface area contributed by atoms with Gasteiger partial charge in [-0.25, -0.2) is 9.59 Å². The standard InChI is InChI=1S/C16H15NO7.C13H8N2O7/c1-21-14-7-11(8-15(9-14)22-2)10-23-16(18)24-13-5-3-12(4-6-13)17(19)20;16-13(21-11-5-1-9(2-6-11)14(17)18)22-12-7-3-10(4-8-12)15(19)20/h3-9H,10H2,1-2H3;1-8H. The van der Waals surface area contributed by atoms with Crippen molar-refractivity contribution in [1.82, 2.24) is 0 Å². The monoisotopic (exact) mass is 637 g/mol. The smallest absolute Gasteiger partial charge is 0.497 e. The highest BCUT2D eigenvalue weighted by atomic mass is 16.7. The number of ether oxygens (including phenoxy) is 6. The summed E-state index contributed by atoms with van der Waals surface area (Å²) in [6.07, 6.45) is -1.99. The first-order valence-electron chi connectivity index (χ1n) is 12.7. The van der Waals surface area contributed by atoms with Gasteiger partial charge in [-0.15, -0.1) is 0 Å². The summed E-state index contributed by atoms with van der Waals surface area (Å²) < 4.78 is 29.8. The third kappa shape index (κ3) is 10.5. The summed E-state index contributed by atoms with van der Waals surface area (Å²) in [7, 11) is 3.03. The van der Waals surface area contributed by atoms with Crippen molar-refractivity contribution in [2.24, 2.45) is 0 Å². The molecular weight excluding hydrogens is 614 g/mol. The number of non-ortho nitro benzene ring substituents is 3. The molecule has 4 aromatic carbocycles. The molecular formula is C29H23N3O14. The zero-order valence-electron chi connectivity index (χ0n) is 23.9. The van der Waals surface area contributed by atoms with Crippen LogP contribution in [0.1, 0.15) is 5.56 Å². The van der Waals surface area contributed by atoms with E-state index in [0.717, 1.165) is 0 Å². The number of methoxy groups -OCH3 is 2. The van der Waals surface area contributed by atoms with E-state index in [1.807, 2.05) is 0 Å². The highest BCUT2D eigenvalue weighted by molar-refractivity contribution is 5.67. The van der Waals surface area contributed by atoms with Crippen LogP contribution in [-0.4, -0.2) is 41.3 Å². The van der Waals surface area contributed by atoms with Gasteiger partial charge in [0.25, 0.3) is 17.1 Å². The molecule has 0 saturated heterocycles. The predicted octanol–water partition coefficient (Wildman–Crippen LogP) is 6.41. The molecule has 0 heterocycles. The van der Waals surface area contributed by atoms with E-state index in [2.05, 4.69) is 0 Å². The minimum absolute atomic E-state index is 0.0423. The van der Waals surface area contributed by atoms with Crippen LogP contribution in [0.5, 0.6) is 28.7 Å². The van der Waals surface area contributed by atoms with Crippen LogP contribution in [0.25, 0.3) is 0 Å². The molecule has 4 aromatic rings. The molecule has 0 fully saturated rings. The molecule has 0 bridgehead atoms. The van der Waals surface area contributed by atoms with Gasteiger partial charge in [-0.05, 0) is 54.1 Å². The topological polar surface area (TPSA) is 219 Å². The molecule has 0 aliphatic carbocycles. The van der Waals surface area contributed by atoms with Gasteiger partial charge in [0.2, 0.25) is 0 Å². The number of rotatable bonds is 10. The maximum absolute atomic E-state index is 11.7. The summed E-state index contributed by atoms with van der Waals surface area (Å²) >= 11 is 0. The fourth-order valence-electron chi connectivity index (χ4n) is 3.34. The highest BCUT2D eigenvalue weighted by Crippen LogP contribution is 2.24. The Kier molecular flexibility index (Phi) is 11.9. The summed E-state index contributed by atoms with van der Waals surface area (Å²) in [5.74, 6) is 1.41. The highest BCUT2D eigenvalue weighted by Gasteiger charge is 2.13. The Hall–Kier alpha value is -6.78. The van der Waals surface area contributed by atoms with Crippen molar-refractivity contribution in [1.29, 1.82) is 0 Å². The first-order chi connectivity index (χ1) is 22.0. The maximum Gasteiger partial charge on any atom is 0.519 e. The molecule has 0 atom stereocenters. The number of hydrogen-bond acceptors (Lipinski definition) is 14. The third-order valence-corrected chi connectivity index (χ3v) is 5.51. The van der Waals surface area contributed by atoms with Crippen LogP contribution in [0, 0.1) is 30.3 Å². The average molecular weight is 638 g/mol. The second kappa shape index (κ2) is 16.2. The fourth-order valence-corrected chi connectivity index (χ4v) is 3.34. The van der Waals surface area contributed by atoms with Gasteiger partial charge in [-0.2, -0.15) is 0 Å². The van der Waals surface area contributed by atoms with Gasteiger partial charge in [0, 0.05) is 42.5 Å². The van der Waals surface area contributed by atoms with Gasteiger partial charge in [0.05, 0.1) is 29.0 Å². The molecule has 238 valence electrons. The Morgan fingerprint density at radius 3 is 1.15 bits per heavy atom. The Morgan fingerprint density at radius 2 is 0.848 bits per heavy atom. The van der Waals surface area contributed by atoms with E-state index in [9.17, 15) is 39.9 Å². The van der Waals surface area contributed by atoms with Gasteiger partial charge in [0.15, 0.2) is 0 Å². The van der Waals surface area contributed by atoms with E-state index in [1.165, 1.54) is 87.0 Å². The van der Waals surface area contributed by atoms with Crippen LogP contribution < -0.4 is 23.7 Å². The molecule has 0 aliphatic heterocycles. The number of hydrogen-bond donors (Lipinski definition) is 0. The molecule has 4 rings (SSSR count). The van der Waals surface area contributed by atoms with Crippen LogP contribution in [0.15, 0.2) is 91.0 Å². The van der Waals surface area contributed by atoms with Crippen LogP contribution >= 0.6 is 0 Å². The van der Waals surface area contributed by atoms with E-state index in [0.29, 0.717) is 17.1 Å². The van der Waals surface area contributed by atoms with Crippen LogP contribution in [0.3, 0.4) is 0 Å². The lowest BCUT2D eigenvalue weighted by atomic mass is 10.2. The Morgan fingerprint density at radius 1 is 0.522 bits per heavy atom. The fraction of sp³-hybridized carbons (Fsp3) is 0.103. The molecule has 46 heavy (non-hydrogen) atoms. The van der Waals surface area contributed by atoms with E-state index < -0.39 is 27.1 Å². The van der Waals surface area contributed by atoms with Gasteiger partial charge in [-0.1, -0.05) is 0 Å². The van der Waals surface area contributed by atoms with Crippen molar-refractivity contribution < 1.29 is 52.8 Å². The van der Waals surface area contributed by atoms with Crippen molar-refractivity contribution in [3.05, 3.63) is 127 Å². The lowest BCUT2D eigenvalue weighted by Crippen LogP contribution is -2.13. The molecule has 0 spiro atoms. The molecule has 17 heteroatoms. The average Bonchev–Trinajstić information content (AvgIpc) is 3.04. The van der Waals surface area contributed by atoms with Crippen molar-refractivity contribution in [2.45, 2.75) is 6.61 Å². The third-order valence-electron chi connectivity index (χ3n) is 5.51. The number of benzene rings is 4. The lowest BCUT2D eigenvalue weighted by Gasteiger charge is -2.09. The largest absolute Gasteiger partial charge is 0.519 e. The molecule has 0 saturated carbocycles. The molecule has 0 aliphatic rings. The Bertz CT molecular complexity index is 1610. The number of carbonyl (C=O) groups is 2. The van der Waals surface area contributed by atoms with Crippen molar-refractivity contribution >= 4 is 29.4 Å². The molecule has 0 N–H and O–H groups in total. The van der Waals surface area contributed by atoms with Crippen LogP contribution in [0.4, 0.5) is 26.7 Å². The van der Waals surface area contributed by atoms with Crippen molar-refractivity contribution in [3.8, 4) is 28.7 Å². The minimum atomic E-state index is -1.07. The van der Waals surface area contributed by atoms with E-state index in [-0.39, 0.29) is 40.9 Å². The number of nitrogens with zero attached hydrogens (tertiary/aromatic N) is 3. The summed E-state index contributed by atoms with van der Waals surface area (Å²) in [6.45, 7) is -0.0423. The first kappa shape index (κ1) is 33.7. The number of nitro benzene ring substituents is 3. The molecule has 0 radical (unpaired) electrons. The van der Waals surface area contributed by atoms with Crippen molar-refractivity contribution in [2.75, 3.05) is 14.2 Å². The first-order valence-corrected chi connectivity index (χ1v) is 12.7. The van der Waals surface area contributed by atoms with Crippen LogP contribution in [0.2, 0.25) is 0 Å². The molecule has 0 amide bonds. The van der Waals surface area contributed by atoms with E-state index >= 15 is 0 Å². The van der Waals surface area contributed by atoms with Gasteiger partial charge >= 0.3 is 12.3 Å². The normalized spacial score (nSPS) is 9.87. The SMILES string of the molecule is COc1cc(COC(=O)Oc2ccc([N+](=O)[O-])cc2)cc(OC)c1.O=C(Oc1ccc([N+](=O)[O-])cc1)Oc1ccc([N+](=O)[O-])cc1. The summed E-state index contributed by atoms with van der Waals surface area (Å²) in [4.78, 5) is 53.0. The predicted molar refractivity (Wildman–Crippen MR) is 156 cm³/mol. The number of nitro groups is 3.